The van der Waals surface area contributed by atoms with Gasteiger partial charge < -0.3 is 10.2 Å². The van der Waals surface area contributed by atoms with E-state index in [0.29, 0.717) is 32.0 Å². The third kappa shape index (κ3) is 4.17. The second-order valence-corrected chi connectivity index (χ2v) is 5.25. The van der Waals surface area contributed by atoms with E-state index in [1.807, 2.05) is 11.8 Å². The molecule has 1 amide bonds. The Balaban J connectivity index is 1.89. The number of anilines is 1. The number of aromatic nitrogens is 1. The van der Waals surface area contributed by atoms with E-state index < -0.39 is 4.92 Å². The van der Waals surface area contributed by atoms with Crippen LogP contribution < -0.4 is 10.2 Å². The minimum atomic E-state index is -0.467. The van der Waals surface area contributed by atoms with E-state index in [4.69, 9.17) is 6.42 Å². The molecule has 0 saturated carbocycles. The predicted molar refractivity (Wildman–Crippen MR) is 86.0 cm³/mol. The highest BCUT2D eigenvalue weighted by atomic mass is 16.6. The van der Waals surface area contributed by atoms with Crippen molar-refractivity contribution in [2.24, 2.45) is 0 Å². The largest absolute Gasteiger partial charge is 0.354 e. The Bertz CT molecular complexity index is 603. The first-order valence-corrected chi connectivity index (χ1v) is 7.33. The second kappa shape index (κ2) is 7.56. The molecular formula is C15H19N5O3. The summed E-state index contributed by atoms with van der Waals surface area (Å²) in [6, 6.07) is 2.86. The molecule has 0 radical (unpaired) electrons. The highest BCUT2D eigenvalue weighted by Crippen LogP contribution is 2.18. The summed E-state index contributed by atoms with van der Waals surface area (Å²) in [7, 11) is 0. The summed E-state index contributed by atoms with van der Waals surface area (Å²) in [6.07, 6.45) is 6.39. The Morgan fingerprint density at radius 3 is 2.70 bits per heavy atom. The fourth-order valence-electron chi connectivity index (χ4n) is 2.46. The number of piperazine rings is 1. The summed E-state index contributed by atoms with van der Waals surface area (Å²) in [6.45, 7) is 4.92. The van der Waals surface area contributed by atoms with Crippen molar-refractivity contribution < 1.29 is 9.72 Å². The molecule has 0 unspecified atom stereocenters. The molecule has 1 N–H and O–H groups in total. The van der Waals surface area contributed by atoms with Gasteiger partial charge in [0.1, 0.15) is 12.0 Å². The van der Waals surface area contributed by atoms with Crippen LogP contribution in [0.2, 0.25) is 0 Å². The summed E-state index contributed by atoms with van der Waals surface area (Å²) >= 11 is 0. The molecule has 1 atom stereocenters. The van der Waals surface area contributed by atoms with Gasteiger partial charge in [-0.1, -0.05) is 5.92 Å². The number of carbonyl (C=O) groups excluding carboxylic acids is 1. The summed E-state index contributed by atoms with van der Waals surface area (Å²) in [5.74, 6) is 3.01. The number of pyridine rings is 1. The lowest BCUT2D eigenvalue weighted by molar-refractivity contribution is -0.385. The van der Waals surface area contributed by atoms with Crippen LogP contribution in [0, 0.1) is 22.5 Å². The van der Waals surface area contributed by atoms with E-state index in [2.05, 4.69) is 21.1 Å². The van der Waals surface area contributed by atoms with Gasteiger partial charge in [0.2, 0.25) is 5.91 Å². The number of rotatable bonds is 5. The van der Waals surface area contributed by atoms with E-state index in [-0.39, 0.29) is 24.2 Å². The SMILES string of the molecule is C#CCNC(=O)[C@H](C)N1CCN(c2ccc([N+](=O)[O-])cn2)CC1. The zero-order chi connectivity index (χ0) is 16.8. The summed E-state index contributed by atoms with van der Waals surface area (Å²) in [4.78, 5) is 30.3. The maximum Gasteiger partial charge on any atom is 0.287 e. The zero-order valence-corrected chi connectivity index (χ0v) is 12.9. The van der Waals surface area contributed by atoms with Gasteiger partial charge in [-0.3, -0.25) is 19.8 Å². The van der Waals surface area contributed by atoms with Gasteiger partial charge in [0.05, 0.1) is 17.5 Å². The molecule has 0 aliphatic carbocycles. The van der Waals surface area contributed by atoms with Crippen molar-refractivity contribution in [2.45, 2.75) is 13.0 Å². The molecule has 0 spiro atoms. The fraction of sp³-hybridized carbons (Fsp3) is 0.467. The first-order chi connectivity index (χ1) is 11.0. The van der Waals surface area contributed by atoms with Crippen molar-refractivity contribution in [3.8, 4) is 12.3 Å². The van der Waals surface area contributed by atoms with E-state index in [1.54, 1.807) is 6.07 Å². The Labute approximate surface area is 134 Å². The Hall–Kier alpha value is -2.66. The van der Waals surface area contributed by atoms with Gasteiger partial charge in [0.25, 0.3) is 5.69 Å². The van der Waals surface area contributed by atoms with Crippen molar-refractivity contribution >= 4 is 17.4 Å². The number of hydrogen-bond acceptors (Lipinski definition) is 6. The maximum atomic E-state index is 11.9. The molecular weight excluding hydrogens is 298 g/mol. The molecule has 2 heterocycles. The first-order valence-electron chi connectivity index (χ1n) is 7.33. The topological polar surface area (TPSA) is 91.6 Å². The summed E-state index contributed by atoms with van der Waals surface area (Å²) in [5.41, 5.74) is -0.0220. The monoisotopic (exact) mass is 317 g/mol. The van der Waals surface area contributed by atoms with Gasteiger partial charge in [0.15, 0.2) is 0 Å². The normalized spacial score (nSPS) is 16.4. The third-order valence-electron chi connectivity index (χ3n) is 3.87. The third-order valence-corrected chi connectivity index (χ3v) is 3.87. The Morgan fingerprint density at radius 1 is 1.48 bits per heavy atom. The molecule has 1 aromatic rings. The molecule has 1 aliphatic heterocycles. The average molecular weight is 317 g/mol. The van der Waals surface area contributed by atoms with Gasteiger partial charge in [0, 0.05) is 32.2 Å². The predicted octanol–water partition coefficient (Wildman–Crippen LogP) is 0.250. The number of nitro groups is 1. The Morgan fingerprint density at radius 2 is 2.17 bits per heavy atom. The minimum Gasteiger partial charge on any atom is -0.354 e. The maximum absolute atomic E-state index is 11.9. The van der Waals surface area contributed by atoms with Crippen LogP contribution in [0.4, 0.5) is 11.5 Å². The zero-order valence-electron chi connectivity index (χ0n) is 12.9. The minimum absolute atomic E-state index is 0.0220. The molecule has 8 heteroatoms. The number of amides is 1. The number of carbonyl (C=O) groups is 1. The lowest BCUT2D eigenvalue weighted by Gasteiger charge is -2.37. The van der Waals surface area contributed by atoms with Gasteiger partial charge in [-0.2, -0.15) is 0 Å². The fourth-order valence-corrected chi connectivity index (χ4v) is 2.46. The van der Waals surface area contributed by atoms with Crippen molar-refractivity contribution in [1.82, 2.24) is 15.2 Å². The van der Waals surface area contributed by atoms with Gasteiger partial charge in [-0.05, 0) is 13.0 Å². The molecule has 2 rings (SSSR count). The summed E-state index contributed by atoms with van der Waals surface area (Å²) in [5, 5.41) is 13.3. The number of terminal acetylenes is 1. The van der Waals surface area contributed by atoms with Crippen LogP contribution in [0.25, 0.3) is 0 Å². The molecule has 0 aromatic carbocycles. The van der Waals surface area contributed by atoms with Gasteiger partial charge >= 0.3 is 0 Å². The van der Waals surface area contributed by atoms with Crippen LogP contribution in [0.5, 0.6) is 0 Å². The van der Waals surface area contributed by atoms with E-state index >= 15 is 0 Å². The van der Waals surface area contributed by atoms with E-state index in [9.17, 15) is 14.9 Å². The molecule has 1 aliphatic rings. The highest BCUT2D eigenvalue weighted by Gasteiger charge is 2.25. The number of hydrogen-bond donors (Lipinski definition) is 1. The van der Waals surface area contributed by atoms with Crippen LogP contribution in [0.1, 0.15) is 6.92 Å². The molecule has 1 aromatic heterocycles. The molecule has 8 nitrogen and oxygen atoms in total. The smallest absolute Gasteiger partial charge is 0.287 e. The Kier molecular flexibility index (Phi) is 5.49. The molecule has 0 bridgehead atoms. The van der Waals surface area contributed by atoms with Crippen molar-refractivity contribution in [3.63, 3.8) is 0 Å². The van der Waals surface area contributed by atoms with E-state index in [1.165, 1.54) is 12.3 Å². The van der Waals surface area contributed by atoms with Crippen LogP contribution in [-0.2, 0) is 4.79 Å². The molecule has 1 saturated heterocycles. The number of nitrogens with zero attached hydrogens (tertiary/aromatic N) is 4. The van der Waals surface area contributed by atoms with Crippen molar-refractivity contribution in [3.05, 3.63) is 28.4 Å². The van der Waals surface area contributed by atoms with Crippen LogP contribution in [0.15, 0.2) is 18.3 Å². The lowest BCUT2D eigenvalue weighted by Crippen LogP contribution is -2.54. The van der Waals surface area contributed by atoms with Crippen molar-refractivity contribution in [2.75, 3.05) is 37.6 Å². The van der Waals surface area contributed by atoms with Crippen LogP contribution in [-0.4, -0.2) is 59.5 Å². The van der Waals surface area contributed by atoms with Crippen LogP contribution >= 0.6 is 0 Å². The van der Waals surface area contributed by atoms with Gasteiger partial charge in [-0.15, -0.1) is 6.42 Å². The van der Waals surface area contributed by atoms with Crippen molar-refractivity contribution in [1.29, 1.82) is 0 Å². The average Bonchev–Trinajstić information content (AvgIpc) is 2.59. The van der Waals surface area contributed by atoms with Crippen LogP contribution in [0.3, 0.4) is 0 Å². The molecule has 122 valence electrons. The highest BCUT2D eigenvalue weighted by molar-refractivity contribution is 5.81. The summed E-state index contributed by atoms with van der Waals surface area (Å²) < 4.78 is 0. The van der Waals surface area contributed by atoms with E-state index in [0.717, 1.165) is 0 Å². The molecule has 23 heavy (non-hydrogen) atoms. The quantitative estimate of drug-likeness (QED) is 0.475. The lowest BCUT2D eigenvalue weighted by atomic mass is 10.2. The first kappa shape index (κ1) is 16.7. The number of nitrogens with one attached hydrogen (secondary N) is 1. The second-order valence-electron chi connectivity index (χ2n) is 5.25. The molecule has 1 fully saturated rings. The standard InChI is InChI=1S/C15H19N5O3/c1-3-6-16-15(21)12(2)18-7-9-19(10-8-18)14-5-4-13(11-17-14)20(22)23/h1,4-5,11-12H,6-10H2,2H3,(H,16,21)/t12-/m0/s1. The van der Waals surface area contributed by atoms with Gasteiger partial charge in [-0.25, -0.2) is 4.98 Å².